The first-order valence-electron chi connectivity index (χ1n) is 8.15. The highest BCUT2D eigenvalue weighted by Gasteiger charge is 2.29. The van der Waals surface area contributed by atoms with E-state index < -0.39 is 16.0 Å². The van der Waals surface area contributed by atoms with Gasteiger partial charge in [-0.3, -0.25) is 4.79 Å². The van der Waals surface area contributed by atoms with Crippen LogP contribution in [0.3, 0.4) is 0 Å². The van der Waals surface area contributed by atoms with Crippen LogP contribution in [0.5, 0.6) is 5.75 Å². The van der Waals surface area contributed by atoms with E-state index in [2.05, 4.69) is 0 Å². The third kappa shape index (κ3) is 5.57. The number of benzene rings is 2. The summed E-state index contributed by atoms with van der Waals surface area (Å²) in [5, 5.41) is 0. The maximum Gasteiger partial charge on any atom is 0.310 e. The Morgan fingerprint density at radius 1 is 1.08 bits per heavy atom. The molecule has 7 heteroatoms. The average molecular weight is 377 g/mol. The normalized spacial score (nSPS) is 13.7. The van der Waals surface area contributed by atoms with Crippen molar-refractivity contribution in [1.29, 1.82) is 0 Å². The lowest BCUT2D eigenvalue weighted by atomic mass is 9.81. The van der Waals surface area contributed by atoms with Crippen LogP contribution >= 0.6 is 0 Å². The Morgan fingerprint density at radius 3 is 2.19 bits per heavy atom. The monoisotopic (exact) mass is 377 g/mol. The number of nitrogens with two attached hydrogens (primary N) is 1. The molecule has 2 N–H and O–H groups in total. The van der Waals surface area contributed by atoms with Gasteiger partial charge >= 0.3 is 16.1 Å². The lowest BCUT2D eigenvalue weighted by Crippen LogP contribution is -2.32. The first-order valence-corrected chi connectivity index (χ1v) is 9.97. The summed E-state index contributed by atoms with van der Waals surface area (Å²) in [4.78, 5) is 12.2. The van der Waals surface area contributed by atoms with E-state index in [0.29, 0.717) is 6.42 Å². The SMILES string of the molecule is COC(=O)C(CN)C(Cc1ccccc1)c1ccc(OS(C)(=O)=O)cc1. The van der Waals surface area contributed by atoms with Crippen molar-refractivity contribution in [3.63, 3.8) is 0 Å². The molecule has 0 heterocycles. The summed E-state index contributed by atoms with van der Waals surface area (Å²) in [6.45, 7) is 0.145. The van der Waals surface area contributed by atoms with Gasteiger partial charge in [-0.2, -0.15) is 8.42 Å². The molecule has 0 bridgehead atoms. The molecule has 26 heavy (non-hydrogen) atoms. The average Bonchev–Trinajstić information content (AvgIpc) is 2.61. The molecule has 0 aromatic heterocycles. The van der Waals surface area contributed by atoms with Crippen molar-refractivity contribution in [2.24, 2.45) is 11.7 Å². The number of methoxy groups -OCH3 is 1. The summed E-state index contributed by atoms with van der Waals surface area (Å²) in [6, 6.07) is 16.4. The molecule has 0 aliphatic carbocycles. The van der Waals surface area contributed by atoms with Crippen LogP contribution in [0.4, 0.5) is 0 Å². The minimum Gasteiger partial charge on any atom is -0.469 e. The van der Waals surface area contributed by atoms with Crippen molar-refractivity contribution >= 4 is 16.1 Å². The molecule has 0 radical (unpaired) electrons. The molecule has 2 unspecified atom stereocenters. The largest absolute Gasteiger partial charge is 0.469 e. The van der Waals surface area contributed by atoms with Crippen LogP contribution in [0.25, 0.3) is 0 Å². The molecule has 2 rings (SSSR count). The Morgan fingerprint density at radius 2 is 1.69 bits per heavy atom. The Hall–Kier alpha value is -2.38. The Bertz CT molecular complexity index is 819. The topological polar surface area (TPSA) is 95.7 Å². The van der Waals surface area contributed by atoms with Crippen LogP contribution in [0, 0.1) is 5.92 Å². The lowest BCUT2D eigenvalue weighted by molar-refractivity contribution is -0.145. The zero-order valence-electron chi connectivity index (χ0n) is 14.8. The fourth-order valence-electron chi connectivity index (χ4n) is 2.88. The summed E-state index contributed by atoms with van der Waals surface area (Å²) in [5.74, 6) is -0.869. The third-order valence-electron chi connectivity index (χ3n) is 4.10. The standard InChI is InChI=1S/C19H23NO5S/c1-24-19(21)18(13-20)17(12-14-6-4-3-5-7-14)15-8-10-16(11-9-15)25-26(2,22)23/h3-11,17-18H,12-13,20H2,1-2H3. The van der Waals surface area contributed by atoms with Crippen molar-refractivity contribution in [3.8, 4) is 5.75 Å². The van der Waals surface area contributed by atoms with Crippen LogP contribution in [0.1, 0.15) is 17.0 Å². The molecule has 2 aromatic carbocycles. The van der Waals surface area contributed by atoms with Crippen molar-refractivity contribution < 1.29 is 22.1 Å². The smallest absolute Gasteiger partial charge is 0.310 e. The van der Waals surface area contributed by atoms with Gasteiger partial charge in [0.2, 0.25) is 0 Å². The first-order chi connectivity index (χ1) is 12.3. The zero-order valence-corrected chi connectivity index (χ0v) is 15.6. The van der Waals surface area contributed by atoms with Gasteiger partial charge in [0.1, 0.15) is 5.75 Å². The second kappa shape index (κ2) is 8.82. The van der Waals surface area contributed by atoms with Crippen LogP contribution in [0.15, 0.2) is 54.6 Å². The number of rotatable bonds is 8. The molecule has 0 spiro atoms. The number of hydrogen-bond donors (Lipinski definition) is 1. The van der Waals surface area contributed by atoms with Crippen LogP contribution in [-0.4, -0.2) is 34.3 Å². The van der Waals surface area contributed by atoms with Crippen molar-refractivity contribution in [3.05, 3.63) is 65.7 Å². The predicted octanol–water partition coefficient (Wildman–Crippen LogP) is 2.10. The minimum absolute atomic E-state index is 0.145. The fraction of sp³-hybridized carbons (Fsp3) is 0.316. The van der Waals surface area contributed by atoms with Crippen molar-refractivity contribution in [1.82, 2.24) is 0 Å². The molecule has 2 aromatic rings. The number of hydrogen-bond acceptors (Lipinski definition) is 6. The maximum atomic E-state index is 12.2. The number of carbonyl (C=O) groups excluding carboxylic acids is 1. The minimum atomic E-state index is -3.59. The van der Waals surface area contributed by atoms with E-state index >= 15 is 0 Å². The van der Waals surface area contributed by atoms with E-state index in [1.807, 2.05) is 30.3 Å². The molecule has 140 valence electrons. The molecule has 6 nitrogen and oxygen atoms in total. The second-order valence-corrected chi connectivity index (χ2v) is 7.59. The van der Waals surface area contributed by atoms with E-state index in [1.54, 1.807) is 24.3 Å². The van der Waals surface area contributed by atoms with Crippen molar-refractivity contribution in [2.75, 3.05) is 19.9 Å². The van der Waals surface area contributed by atoms with Crippen LogP contribution in [-0.2, 0) is 26.1 Å². The van der Waals surface area contributed by atoms with Crippen LogP contribution in [0.2, 0.25) is 0 Å². The molecule has 0 amide bonds. The Kier molecular flexibility index (Phi) is 6.76. The van der Waals surface area contributed by atoms with Gasteiger partial charge in [0.15, 0.2) is 0 Å². The molecule has 0 fully saturated rings. The number of carbonyl (C=O) groups is 1. The van der Waals surface area contributed by atoms with Gasteiger partial charge in [-0.05, 0) is 29.7 Å². The molecule has 0 aliphatic rings. The van der Waals surface area contributed by atoms with Gasteiger partial charge in [-0.15, -0.1) is 0 Å². The van der Waals surface area contributed by atoms with E-state index in [-0.39, 0.29) is 24.2 Å². The molecular formula is C19H23NO5S. The third-order valence-corrected chi connectivity index (χ3v) is 4.59. The zero-order chi connectivity index (χ0) is 19.2. The van der Waals surface area contributed by atoms with Gasteiger partial charge in [0.25, 0.3) is 0 Å². The van der Waals surface area contributed by atoms with E-state index in [4.69, 9.17) is 14.7 Å². The Labute approximate surface area is 154 Å². The highest BCUT2D eigenvalue weighted by Crippen LogP contribution is 2.31. The lowest BCUT2D eigenvalue weighted by Gasteiger charge is -2.25. The number of ether oxygens (including phenoxy) is 1. The summed E-state index contributed by atoms with van der Waals surface area (Å²) in [6.07, 6.45) is 1.59. The quantitative estimate of drug-likeness (QED) is 0.559. The van der Waals surface area contributed by atoms with Gasteiger partial charge in [0.05, 0.1) is 19.3 Å². The first kappa shape index (κ1) is 19.9. The molecule has 0 aliphatic heterocycles. The fourth-order valence-corrected chi connectivity index (χ4v) is 3.34. The van der Waals surface area contributed by atoms with E-state index in [0.717, 1.165) is 17.4 Å². The van der Waals surface area contributed by atoms with Gasteiger partial charge in [-0.25, -0.2) is 0 Å². The van der Waals surface area contributed by atoms with E-state index in [9.17, 15) is 13.2 Å². The highest BCUT2D eigenvalue weighted by molar-refractivity contribution is 7.86. The molecule has 0 saturated carbocycles. The summed E-state index contributed by atoms with van der Waals surface area (Å²) < 4.78 is 32.3. The van der Waals surface area contributed by atoms with Gasteiger partial charge in [-0.1, -0.05) is 42.5 Å². The maximum absolute atomic E-state index is 12.2. The van der Waals surface area contributed by atoms with Crippen LogP contribution < -0.4 is 9.92 Å². The van der Waals surface area contributed by atoms with Crippen molar-refractivity contribution in [2.45, 2.75) is 12.3 Å². The number of esters is 1. The Balaban J connectivity index is 2.34. The summed E-state index contributed by atoms with van der Waals surface area (Å²) in [5.41, 5.74) is 7.77. The second-order valence-electron chi connectivity index (χ2n) is 6.02. The molecule has 2 atom stereocenters. The summed E-state index contributed by atoms with van der Waals surface area (Å²) in [7, 11) is -2.25. The molecule has 0 saturated heterocycles. The predicted molar refractivity (Wildman–Crippen MR) is 99.4 cm³/mol. The van der Waals surface area contributed by atoms with E-state index in [1.165, 1.54) is 7.11 Å². The van der Waals surface area contributed by atoms with Gasteiger partial charge in [0, 0.05) is 12.5 Å². The summed E-state index contributed by atoms with van der Waals surface area (Å²) >= 11 is 0. The van der Waals surface area contributed by atoms with Gasteiger partial charge < -0.3 is 14.7 Å². The highest BCUT2D eigenvalue weighted by atomic mass is 32.2. The molecular weight excluding hydrogens is 354 g/mol.